The smallest absolute Gasteiger partial charge is 0.0612 e. The highest BCUT2D eigenvalue weighted by atomic mass is 14.8. The van der Waals surface area contributed by atoms with E-state index in [-0.39, 0.29) is 0 Å². The lowest BCUT2D eigenvalue weighted by Crippen LogP contribution is -2.04. The van der Waals surface area contributed by atoms with Crippen molar-refractivity contribution in [2.24, 2.45) is 0 Å². The van der Waals surface area contributed by atoms with Gasteiger partial charge in [0, 0.05) is 17.1 Å². The number of fused-ring (bicyclic) bond motifs is 1. The quantitative estimate of drug-likeness (QED) is 0.649. The van der Waals surface area contributed by atoms with Gasteiger partial charge in [-0.1, -0.05) is 24.0 Å². The van der Waals surface area contributed by atoms with Crippen molar-refractivity contribution in [3.8, 4) is 11.8 Å². The third-order valence-electron chi connectivity index (χ3n) is 2.08. The molecule has 0 aliphatic heterocycles. The van der Waals surface area contributed by atoms with Gasteiger partial charge in [-0.3, -0.25) is 0 Å². The van der Waals surface area contributed by atoms with Crippen molar-refractivity contribution in [3.63, 3.8) is 0 Å². The zero-order valence-electron chi connectivity index (χ0n) is 8.09. The monoisotopic (exact) mass is 184 g/mol. The van der Waals surface area contributed by atoms with E-state index in [1.165, 1.54) is 5.39 Å². The van der Waals surface area contributed by atoms with E-state index < -0.39 is 0 Å². The molecule has 0 radical (unpaired) electrons. The summed E-state index contributed by atoms with van der Waals surface area (Å²) in [6, 6.07) is 8.19. The van der Waals surface area contributed by atoms with Crippen LogP contribution in [0.1, 0.15) is 5.56 Å². The Hall–Kier alpha value is -1.72. The maximum atomic E-state index is 3.19. The van der Waals surface area contributed by atoms with Gasteiger partial charge < -0.3 is 10.3 Å². The number of hydrogen-bond acceptors (Lipinski definition) is 1. The van der Waals surface area contributed by atoms with Gasteiger partial charge in [0.2, 0.25) is 0 Å². The van der Waals surface area contributed by atoms with Gasteiger partial charge in [0.15, 0.2) is 0 Å². The molecule has 2 N–H and O–H groups in total. The second-order valence-electron chi connectivity index (χ2n) is 3.08. The van der Waals surface area contributed by atoms with Gasteiger partial charge in [0.1, 0.15) is 0 Å². The third kappa shape index (κ3) is 1.63. The minimum atomic E-state index is 0.719. The van der Waals surface area contributed by atoms with Crippen LogP contribution in [-0.2, 0) is 0 Å². The first kappa shape index (κ1) is 8.86. The number of nitrogens with one attached hydrogen (secondary N) is 2. The number of aromatic nitrogens is 1. The second-order valence-corrected chi connectivity index (χ2v) is 3.08. The first-order chi connectivity index (χ1) is 6.92. The van der Waals surface area contributed by atoms with Gasteiger partial charge in [0.05, 0.1) is 12.1 Å². The fourth-order valence-electron chi connectivity index (χ4n) is 1.42. The Labute approximate surface area is 83.3 Å². The average molecular weight is 184 g/mol. The topological polar surface area (TPSA) is 27.8 Å². The predicted molar refractivity (Wildman–Crippen MR) is 59.1 cm³/mol. The van der Waals surface area contributed by atoms with Crippen molar-refractivity contribution >= 4 is 10.9 Å². The van der Waals surface area contributed by atoms with E-state index in [1.54, 1.807) is 0 Å². The zero-order valence-corrected chi connectivity index (χ0v) is 8.09. The number of H-pyrrole nitrogens is 1. The fourth-order valence-corrected chi connectivity index (χ4v) is 1.42. The maximum absolute atomic E-state index is 3.19. The molecular formula is C12H12N2. The number of aromatic amines is 1. The van der Waals surface area contributed by atoms with E-state index >= 15 is 0 Å². The van der Waals surface area contributed by atoms with Gasteiger partial charge in [-0.2, -0.15) is 0 Å². The molecule has 2 heteroatoms. The van der Waals surface area contributed by atoms with Gasteiger partial charge in [-0.15, -0.1) is 0 Å². The molecule has 0 aliphatic rings. The Morgan fingerprint density at radius 3 is 3.14 bits per heavy atom. The van der Waals surface area contributed by atoms with Crippen molar-refractivity contribution in [2.75, 3.05) is 13.6 Å². The number of benzene rings is 1. The van der Waals surface area contributed by atoms with E-state index in [1.807, 2.05) is 25.4 Å². The first-order valence-corrected chi connectivity index (χ1v) is 4.61. The largest absolute Gasteiger partial charge is 0.360 e. The Kier molecular flexibility index (Phi) is 2.53. The Bertz CT molecular complexity index is 485. The first-order valence-electron chi connectivity index (χ1n) is 4.61. The van der Waals surface area contributed by atoms with Crippen molar-refractivity contribution in [1.29, 1.82) is 0 Å². The van der Waals surface area contributed by atoms with Gasteiger partial charge in [-0.25, -0.2) is 0 Å². The van der Waals surface area contributed by atoms with Gasteiger partial charge in [-0.05, 0) is 19.2 Å². The van der Waals surface area contributed by atoms with E-state index in [2.05, 4.69) is 34.3 Å². The molecule has 0 saturated heterocycles. The van der Waals surface area contributed by atoms with Crippen LogP contribution in [0.15, 0.2) is 30.5 Å². The van der Waals surface area contributed by atoms with Crippen LogP contribution in [0.25, 0.3) is 10.9 Å². The van der Waals surface area contributed by atoms with Crippen LogP contribution < -0.4 is 5.32 Å². The van der Waals surface area contributed by atoms with E-state index in [9.17, 15) is 0 Å². The van der Waals surface area contributed by atoms with Crippen LogP contribution >= 0.6 is 0 Å². The molecule has 0 amide bonds. The summed E-state index contributed by atoms with van der Waals surface area (Å²) >= 11 is 0. The predicted octanol–water partition coefficient (Wildman–Crippen LogP) is 1.74. The summed E-state index contributed by atoms with van der Waals surface area (Å²) in [7, 11) is 1.89. The Morgan fingerprint density at radius 1 is 1.36 bits per heavy atom. The lowest BCUT2D eigenvalue weighted by molar-refractivity contribution is 0.938. The van der Waals surface area contributed by atoms with Crippen LogP contribution in [0.2, 0.25) is 0 Å². The standard InChI is InChI=1S/C12H12N2/c1-13-8-3-6-10-4-2-5-11-7-9-14-12(10)11/h2,4-5,7,9,13-14H,8H2,1H3. The molecule has 1 heterocycles. The van der Waals surface area contributed by atoms with Gasteiger partial charge in [0.25, 0.3) is 0 Å². The maximum Gasteiger partial charge on any atom is 0.0612 e. The molecule has 0 fully saturated rings. The summed E-state index contributed by atoms with van der Waals surface area (Å²) in [4.78, 5) is 3.19. The number of para-hydroxylation sites is 1. The van der Waals surface area contributed by atoms with Crippen molar-refractivity contribution in [3.05, 3.63) is 36.0 Å². The zero-order chi connectivity index (χ0) is 9.80. The highest BCUT2D eigenvalue weighted by Crippen LogP contribution is 2.15. The molecule has 0 unspecified atom stereocenters. The van der Waals surface area contributed by atoms with Crippen LogP contribution in [0.5, 0.6) is 0 Å². The van der Waals surface area contributed by atoms with Crippen molar-refractivity contribution in [1.82, 2.24) is 10.3 Å². The molecule has 2 rings (SSSR count). The lowest BCUT2D eigenvalue weighted by atomic mass is 10.1. The summed E-state index contributed by atoms with van der Waals surface area (Å²) in [5.41, 5.74) is 2.18. The van der Waals surface area contributed by atoms with E-state index in [0.717, 1.165) is 17.6 Å². The molecule has 0 saturated carbocycles. The average Bonchev–Trinajstić information content (AvgIpc) is 2.67. The molecule has 2 nitrogen and oxygen atoms in total. The van der Waals surface area contributed by atoms with Crippen LogP contribution in [0, 0.1) is 11.8 Å². The summed E-state index contributed by atoms with van der Waals surface area (Å²) in [5.74, 6) is 6.18. The molecule has 1 aromatic heterocycles. The molecule has 1 aromatic carbocycles. The van der Waals surface area contributed by atoms with E-state index in [0.29, 0.717) is 0 Å². The molecular weight excluding hydrogens is 172 g/mol. The van der Waals surface area contributed by atoms with Crippen LogP contribution in [0.3, 0.4) is 0 Å². The summed E-state index contributed by atoms with van der Waals surface area (Å²) < 4.78 is 0. The van der Waals surface area contributed by atoms with Crippen molar-refractivity contribution in [2.45, 2.75) is 0 Å². The molecule has 0 spiro atoms. The summed E-state index contributed by atoms with van der Waals surface area (Å²) in [5, 5.41) is 4.21. The highest BCUT2D eigenvalue weighted by Gasteiger charge is 1.96. The SMILES string of the molecule is CNCC#Cc1cccc2cc[nH]c12. The Balaban J connectivity index is 2.43. The third-order valence-corrected chi connectivity index (χ3v) is 2.08. The lowest BCUT2D eigenvalue weighted by Gasteiger charge is -1.93. The normalized spacial score (nSPS) is 9.79. The second kappa shape index (κ2) is 3.99. The molecule has 0 aliphatic carbocycles. The van der Waals surface area contributed by atoms with E-state index in [4.69, 9.17) is 0 Å². The van der Waals surface area contributed by atoms with Crippen LogP contribution in [0.4, 0.5) is 0 Å². The minimum absolute atomic E-state index is 0.719. The molecule has 70 valence electrons. The Morgan fingerprint density at radius 2 is 2.29 bits per heavy atom. The van der Waals surface area contributed by atoms with Crippen molar-refractivity contribution < 1.29 is 0 Å². The minimum Gasteiger partial charge on any atom is -0.360 e. The summed E-state index contributed by atoms with van der Waals surface area (Å²) in [6.45, 7) is 0.719. The summed E-state index contributed by atoms with van der Waals surface area (Å²) in [6.07, 6.45) is 1.94. The fraction of sp³-hybridized carbons (Fsp3) is 0.167. The van der Waals surface area contributed by atoms with Gasteiger partial charge >= 0.3 is 0 Å². The highest BCUT2D eigenvalue weighted by molar-refractivity contribution is 5.85. The molecule has 14 heavy (non-hydrogen) atoms. The van der Waals surface area contributed by atoms with Crippen LogP contribution in [-0.4, -0.2) is 18.6 Å². The number of hydrogen-bond donors (Lipinski definition) is 2. The number of rotatable bonds is 1. The molecule has 0 atom stereocenters. The molecule has 0 bridgehead atoms. The molecule has 2 aromatic rings.